The number of piperidine rings is 1. The number of carbonyl (C=O) groups excluding carboxylic acids is 2. The number of hydrogen-bond acceptors (Lipinski definition) is 3. The Balaban J connectivity index is 2.55. The average molecular weight is 242 g/mol. The molecule has 5 heteroatoms. The first kappa shape index (κ1) is 13.8. The summed E-state index contributed by atoms with van der Waals surface area (Å²) in [5.74, 6) is -0.405. The van der Waals surface area contributed by atoms with Gasteiger partial charge in [-0.15, -0.1) is 0 Å². The topological polar surface area (TPSA) is 58.6 Å². The third kappa shape index (κ3) is 4.24. The van der Waals surface area contributed by atoms with Crippen molar-refractivity contribution in [2.24, 2.45) is 5.92 Å². The van der Waals surface area contributed by atoms with E-state index in [1.807, 2.05) is 20.8 Å². The Labute approximate surface area is 102 Å². The first-order chi connectivity index (χ1) is 7.83. The van der Waals surface area contributed by atoms with E-state index >= 15 is 0 Å². The van der Waals surface area contributed by atoms with Crippen LogP contribution in [-0.4, -0.2) is 42.6 Å². The molecule has 1 fully saturated rings. The van der Waals surface area contributed by atoms with Gasteiger partial charge in [-0.05, 0) is 33.6 Å². The molecule has 0 saturated carbocycles. The number of likely N-dealkylation sites (tertiary alicyclic amines) is 1. The van der Waals surface area contributed by atoms with Gasteiger partial charge < -0.3 is 15.0 Å². The highest BCUT2D eigenvalue weighted by Crippen LogP contribution is 2.18. The second-order valence-corrected chi connectivity index (χ2v) is 5.49. The molecule has 1 N–H and O–H groups in total. The van der Waals surface area contributed by atoms with Crippen molar-refractivity contribution in [2.75, 3.05) is 20.2 Å². The Morgan fingerprint density at radius 3 is 2.53 bits per heavy atom. The molecule has 2 amide bonds. The maximum Gasteiger partial charge on any atom is 0.317 e. The Kier molecular flexibility index (Phi) is 4.37. The van der Waals surface area contributed by atoms with Gasteiger partial charge in [0.15, 0.2) is 0 Å². The van der Waals surface area contributed by atoms with Gasteiger partial charge in [0, 0.05) is 18.6 Å². The second kappa shape index (κ2) is 5.38. The summed E-state index contributed by atoms with van der Waals surface area (Å²) in [6.07, 6.45) is 1.64. The summed E-state index contributed by atoms with van der Waals surface area (Å²) in [6, 6.07) is -0.105. The van der Waals surface area contributed by atoms with Crippen LogP contribution in [0.5, 0.6) is 0 Å². The van der Waals surface area contributed by atoms with Gasteiger partial charge >= 0.3 is 12.0 Å². The molecular formula is C12H22N2O3. The molecular weight excluding hydrogens is 220 g/mol. The van der Waals surface area contributed by atoms with E-state index in [-0.39, 0.29) is 23.5 Å². The lowest BCUT2D eigenvalue weighted by Crippen LogP contribution is -2.52. The molecule has 1 atom stereocenters. The number of rotatable bonds is 1. The highest BCUT2D eigenvalue weighted by atomic mass is 16.5. The first-order valence-electron chi connectivity index (χ1n) is 5.98. The van der Waals surface area contributed by atoms with Gasteiger partial charge in [0.25, 0.3) is 0 Å². The largest absolute Gasteiger partial charge is 0.469 e. The zero-order valence-corrected chi connectivity index (χ0v) is 11.1. The maximum absolute atomic E-state index is 11.9. The van der Waals surface area contributed by atoms with Crippen molar-refractivity contribution in [1.29, 1.82) is 0 Å². The van der Waals surface area contributed by atoms with Crippen LogP contribution in [0.15, 0.2) is 0 Å². The van der Waals surface area contributed by atoms with Gasteiger partial charge in [-0.2, -0.15) is 0 Å². The standard InChI is InChI=1S/C12H22N2O3/c1-12(2,3)13-11(16)14-7-5-6-9(8-14)10(15)17-4/h9H,5-8H2,1-4H3,(H,13,16)/t9-/m0/s1. The molecule has 0 bridgehead atoms. The minimum absolute atomic E-state index is 0.105. The molecule has 0 unspecified atom stereocenters. The van der Waals surface area contributed by atoms with Crippen molar-refractivity contribution in [3.05, 3.63) is 0 Å². The fourth-order valence-electron chi connectivity index (χ4n) is 1.92. The van der Waals surface area contributed by atoms with Crippen molar-refractivity contribution in [3.8, 4) is 0 Å². The van der Waals surface area contributed by atoms with Gasteiger partial charge in [-0.25, -0.2) is 4.79 Å². The molecule has 17 heavy (non-hydrogen) atoms. The predicted molar refractivity (Wildman–Crippen MR) is 64.6 cm³/mol. The van der Waals surface area contributed by atoms with E-state index in [1.54, 1.807) is 4.90 Å². The van der Waals surface area contributed by atoms with E-state index in [9.17, 15) is 9.59 Å². The smallest absolute Gasteiger partial charge is 0.317 e. The minimum atomic E-state index is -0.255. The fourth-order valence-corrected chi connectivity index (χ4v) is 1.92. The van der Waals surface area contributed by atoms with Gasteiger partial charge in [0.1, 0.15) is 0 Å². The van der Waals surface area contributed by atoms with E-state index in [0.717, 1.165) is 12.8 Å². The van der Waals surface area contributed by atoms with E-state index in [4.69, 9.17) is 4.74 Å². The SMILES string of the molecule is COC(=O)[C@H]1CCCN(C(=O)NC(C)(C)C)C1. The summed E-state index contributed by atoms with van der Waals surface area (Å²) in [7, 11) is 1.39. The lowest BCUT2D eigenvalue weighted by Gasteiger charge is -2.33. The lowest BCUT2D eigenvalue weighted by molar-refractivity contribution is -0.146. The van der Waals surface area contributed by atoms with Gasteiger partial charge in [-0.1, -0.05) is 0 Å². The zero-order chi connectivity index (χ0) is 13.1. The van der Waals surface area contributed by atoms with Gasteiger partial charge in [0.2, 0.25) is 0 Å². The summed E-state index contributed by atoms with van der Waals surface area (Å²) in [5, 5.41) is 2.90. The summed E-state index contributed by atoms with van der Waals surface area (Å²) < 4.78 is 4.72. The number of carbonyl (C=O) groups is 2. The number of urea groups is 1. The average Bonchev–Trinajstić information content (AvgIpc) is 2.26. The maximum atomic E-state index is 11.9. The summed E-state index contributed by atoms with van der Waals surface area (Å²) in [6.45, 7) is 6.97. The summed E-state index contributed by atoms with van der Waals surface area (Å²) >= 11 is 0. The van der Waals surface area contributed by atoms with Crippen LogP contribution in [-0.2, 0) is 9.53 Å². The molecule has 0 aromatic carbocycles. The highest BCUT2D eigenvalue weighted by Gasteiger charge is 2.30. The Morgan fingerprint density at radius 1 is 1.35 bits per heavy atom. The van der Waals surface area contributed by atoms with E-state index in [0.29, 0.717) is 13.1 Å². The Morgan fingerprint density at radius 2 is 2.00 bits per heavy atom. The van der Waals surface area contributed by atoms with E-state index < -0.39 is 0 Å². The van der Waals surface area contributed by atoms with Crippen LogP contribution >= 0.6 is 0 Å². The molecule has 1 rings (SSSR count). The normalized spacial score (nSPS) is 20.9. The fraction of sp³-hybridized carbons (Fsp3) is 0.833. The van der Waals surface area contributed by atoms with Crippen LogP contribution in [0.4, 0.5) is 4.79 Å². The van der Waals surface area contributed by atoms with Gasteiger partial charge in [-0.3, -0.25) is 4.79 Å². The zero-order valence-electron chi connectivity index (χ0n) is 11.1. The molecule has 0 aromatic heterocycles. The summed E-state index contributed by atoms with van der Waals surface area (Å²) in [5.41, 5.74) is -0.255. The molecule has 0 aromatic rings. The molecule has 1 aliphatic heterocycles. The molecule has 98 valence electrons. The number of ether oxygens (including phenoxy) is 1. The van der Waals surface area contributed by atoms with Crippen molar-refractivity contribution in [1.82, 2.24) is 10.2 Å². The van der Waals surface area contributed by atoms with Crippen LogP contribution < -0.4 is 5.32 Å². The van der Waals surface area contributed by atoms with Crippen molar-refractivity contribution < 1.29 is 14.3 Å². The van der Waals surface area contributed by atoms with Crippen molar-refractivity contribution in [2.45, 2.75) is 39.2 Å². The quantitative estimate of drug-likeness (QED) is 0.707. The molecule has 5 nitrogen and oxygen atoms in total. The van der Waals surface area contributed by atoms with E-state index in [1.165, 1.54) is 7.11 Å². The number of hydrogen-bond donors (Lipinski definition) is 1. The van der Waals surface area contributed by atoms with Crippen LogP contribution in [0.1, 0.15) is 33.6 Å². The number of amides is 2. The Hall–Kier alpha value is -1.26. The lowest BCUT2D eigenvalue weighted by atomic mass is 9.98. The second-order valence-electron chi connectivity index (χ2n) is 5.49. The molecule has 1 aliphatic rings. The monoisotopic (exact) mass is 242 g/mol. The molecule has 0 aliphatic carbocycles. The molecule has 0 spiro atoms. The van der Waals surface area contributed by atoms with Crippen LogP contribution in [0.3, 0.4) is 0 Å². The summed E-state index contributed by atoms with van der Waals surface area (Å²) in [4.78, 5) is 25.1. The van der Waals surface area contributed by atoms with E-state index in [2.05, 4.69) is 5.32 Å². The van der Waals surface area contributed by atoms with Crippen molar-refractivity contribution >= 4 is 12.0 Å². The number of methoxy groups -OCH3 is 1. The number of nitrogens with zero attached hydrogens (tertiary/aromatic N) is 1. The Bertz CT molecular complexity index is 297. The van der Waals surface area contributed by atoms with Gasteiger partial charge in [0.05, 0.1) is 13.0 Å². The molecule has 1 saturated heterocycles. The minimum Gasteiger partial charge on any atom is -0.469 e. The predicted octanol–water partition coefficient (Wildman–Crippen LogP) is 1.38. The van der Waals surface area contributed by atoms with Crippen LogP contribution in [0, 0.1) is 5.92 Å². The van der Waals surface area contributed by atoms with Crippen molar-refractivity contribution in [3.63, 3.8) is 0 Å². The third-order valence-electron chi connectivity index (χ3n) is 2.73. The molecule has 1 heterocycles. The third-order valence-corrected chi connectivity index (χ3v) is 2.73. The molecule has 0 radical (unpaired) electrons. The van der Waals surface area contributed by atoms with Crippen LogP contribution in [0.2, 0.25) is 0 Å². The highest BCUT2D eigenvalue weighted by molar-refractivity contribution is 5.77. The number of nitrogens with one attached hydrogen (secondary N) is 1. The first-order valence-corrected chi connectivity index (χ1v) is 5.98. The van der Waals surface area contributed by atoms with Crippen LogP contribution in [0.25, 0.3) is 0 Å². The number of esters is 1.